The lowest BCUT2D eigenvalue weighted by molar-refractivity contribution is 0.0116. The number of likely N-dealkylation sites (tertiary alicyclic amines) is 2. The molecule has 6 heteroatoms. The third kappa shape index (κ3) is 3.78. The number of β-amino-alcohol motifs (C(OH)–C–C–N with tert-alkyl or cyclic N) is 1. The van der Waals surface area contributed by atoms with Gasteiger partial charge in [0.2, 0.25) is 0 Å². The Labute approximate surface area is 171 Å². The van der Waals surface area contributed by atoms with Crippen LogP contribution in [0.15, 0.2) is 30.3 Å². The Balaban J connectivity index is 1.38. The molecule has 2 unspecified atom stereocenters. The Morgan fingerprint density at radius 2 is 1.76 bits per heavy atom. The summed E-state index contributed by atoms with van der Waals surface area (Å²) in [5, 5.41) is 17.5. The number of aromatic nitrogens is 2. The van der Waals surface area contributed by atoms with Crippen LogP contribution in [0.25, 0.3) is 0 Å². The number of aliphatic hydroxyl groups is 1. The molecule has 29 heavy (non-hydrogen) atoms. The number of urea groups is 1. The molecule has 2 amide bonds. The average molecular weight is 395 g/mol. The number of piperidine rings is 1. The van der Waals surface area contributed by atoms with E-state index in [0.717, 1.165) is 25.1 Å². The summed E-state index contributed by atoms with van der Waals surface area (Å²) in [6, 6.07) is 11.1. The molecule has 2 aliphatic heterocycles. The highest BCUT2D eigenvalue weighted by Crippen LogP contribution is 2.41. The second-order valence-electron chi connectivity index (χ2n) is 8.99. The minimum atomic E-state index is -0.371. The molecule has 2 N–H and O–H groups in total. The molecule has 5 rings (SSSR count). The first-order chi connectivity index (χ1) is 14.1. The number of carbonyl (C=O) groups excluding carboxylic acids is 1. The van der Waals surface area contributed by atoms with Gasteiger partial charge in [0, 0.05) is 36.5 Å². The van der Waals surface area contributed by atoms with Crippen LogP contribution in [0.1, 0.15) is 66.5 Å². The van der Waals surface area contributed by atoms with Crippen LogP contribution < -0.4 is 0 Å². The van der Waals surface area contributed by atoms with Crippen molar-refractivity contribution in [2.24, 2.45) is 0 Å². The van der Waals surface area contributed by atoms with Crippen molar-refractivity contribution >= 4 is 6.03 Å². The molecule has 3 heterocycles. The molecular weight excluding hydrogens is 364 g/mol. The minimum absolute atomic E-state index is 0.0492. The first-order valence-electron chi connectivity index (χ1n) is 11.0. The maximum Gasteiger partial charge on any atom is 0.320 e. The van der Waals surface area contributed by atoms with Crippen LogP contribution in [-0.2, 0) is 6.42 Å². The number of aryl methyl sites for hydroxylation is 1. The van der Waals surface area contributed by atoms with E-state index in [1.807, 2.05) is 4.90 Å². The fourth-order valence-corrected chi connectivity index (χ4v) is 4.71. The molecule has 2 atom stereocenters. The van der Waals surface area contributed by atoms with Crippen LogP contribution in [0.4, 0.5) is 4.79 Å². The maximum atomic E-state index is 13.0. The molecule has 0 bridgehead atoms. The number of aromatic amines is 1. The average Bonchev–Trinajstić information content (AvgIpc) is 3.47. The van der Waals surface area contributed by atoms with E-state index in [-0.39, 0.29) is 18.1 Å². The quantitative estimate of drug-likeness (QED) is 0.836. The van der Waals surface area contributed by atoms with Gasteiger partial charge in [-0.2, -0.15) is 5.10 Å². The lowest BCUT2D eigenvalue weighted by Crippen LogP contribution is -2.59. The number of aliphatic hydroxyl groups excluding tert-OH is 1. The lowest BCUT2D eigenvalue weighted by Gasteiger charge is -2.43. The van der Waals surface area contributed by atoms with Gasteiger partial charge in [0.1, 0.15) is 0 Å². The Hall–Kier alpha value is -2.34. The zero-order valence-electron chi connectivity index (χ0n) is 17.1. The van der Waals surface area contributed by atoms with Crippen LogP contribution in [0.3, 0.4) is 0 Å². The maximum absolute atomic E-state index is 13.0. The monoisotopic (exact) mass is 394 g/mol. The number of H-pyrrole nitrogens is 1. The topological polar surface area (TPSA) is 72.5 Å². The summed E-state index contributed by atoms with van der Waals surface area (Å²) in [5.74, 6) is 1.19. The van der Waals surface area contributed by atoms with Crippen molar-refractivity contribution in [1.29, 1.82) is 0 Å². The largest absolute Gasteiger partial charge is 0.389 e. The standard InChI is InChI=1S/C23H30N4O2/c1-2-15-3-5-16(6-4-15)18-9-19(22-10-21(24-25-22)17-7-8-17)12-26(11-18)23(29)27-13-20(28)14-27/h3-6,10,17-20,28H,2,7-9,11-14H2,1H3,(H,24,25). The lowest BCUT2D eigenvalue weighted by atomic mass is 9.82. The summed E-state index contributed by atoms with van der Waals surface area (Å²) in [5.41, 5.74) is 4.97. The smallest absolute Gasteiger partial charge is 0.320 e. The van der Waals surface area contributed by atoms with Crippen molar-refractivity contribution in [3.63, 3.8) is 0 Å². The second-order valence-corrected chi connectivity index (χ2v) is 8.99. The molecule has 1 aromatic carbocycles. The number of carbonyl (C=O) groups is 1. The number of nitrogens with one attached hydrogen (secondary N) is 1. The van der Waals surface area contributed by atoms with Gasteiger partial charge in [-0.15, -0.1) is 0 Å². The molecule has 0 spiro atoms. The van der Waals surface area contributed by atoms with Crippen LogP contribution in [0.5, 0.6) is 0 Å². The molecular formula is C23H30N4O2. The highest BCUT2D eigenvalue weighted by Gasteiger charge is 2.38. The zero-order chi connectivity index (χ0) is 20.0. The van der Waals surface area contributed by atoms with E-state index >= 15 is 0 Å². The number of nitrogens with zero attached hydrogens (tertiary/aromatic N) is 3. The highest BCUT2D eigenvalue weighted by atomic mass is 16.3. The van der Waals surface area contributed by atoms with Crippen LogP contribution in [0.2, 0.25) is 0 Å². The zero-order valence-corrected chi connectivity index (χ0v) is 17.1. The molecule has 1 aromatic heterocycles. The normalized spacial score (nSPS) is 25.2. The number of amides is 2. The van der Waals surface area contributed by atoms with E-state index in [9.17, 15) is 9.90 Å². The van der Waals surface area contributed by atoms with Crippen molar-refractivity contribution in [1.82, 2.24) is 20.0 Å². The Bertz CT molecular complexity index is 867. The van der Waals surface area contributed by atoms with E-state index in [2.05, 4.69) is 47.5 Å². The summed E-state index contributed by atoms with van der Waals surface area (Å²) in [6.45, 7) is 4.49. The van der Waals surface area contributed by atoms with Crippen LogP contribution in [-0.4, -0.2) is 63.4 Å². The molecule has 154 valence electrons. The molecule has 1 aliphatic carbocycles. The van der Waals surface area contributed by atoms with Crippen LogP contribution in [0, 0.1) is 0 Å². The van der Waals surface area contributed by atoms with Crippen molar-refractivity contribution in [3.05, 3.63) is 52.8 Å². The van der Waals surface area contributed by atoms with Gasteiger partial charge in [-0.3, -0.25) is 5.10 Å². The SMILES string of the molecule is CCc1ccc(C2CC(c3cc(C4CC4)[nH]n3)CN(C(=O)N3CC(O)C3)C2)cc1. The van der Waals surface area contributed by atoms with Gasteiger partial charge in [0.15, 0.2) is 0 Å². The first kappa shape index (κ1) is 18.7. The van der Waals surface area contributed by atoms with Gasteiger partial charge in [0.25, 0.3) is 0 Å². The first-order valence-corrected chi connectivity index (χ1v) is 11.0. The molecule has 0 radical (unpaired) electrons. The van der Waals surface area contributed by atoms with E-state index in [1.165, 1.54) is 29.7 Å². The van der Waals surface area contributed by atoms with Gasteiger partial charge in [0.05, 0.1) is 24.9 Å². The van der Waals surface area contributed by atoms with Gasteiger partial charge in [-0.1, -0.05) is 31.2 Å². The van der Waals surface area contributed by atoms with E-state index in [0.29, 0.717) is 31.5 Å². The summed E-state index contributed by atoms with van der Waals surface area (Å²) in [7, 11) is 0. The second kappa shape index (κ2) is 7.48. The van der Waals surface area contributed by atoms with Crippen molar-refractivity contribution < 1.29 is 9.90 Å². The number of benzene rings is 1. The molecule has 3 aliphatic rings. The number of hydrogen-bond donors (Lipinski definition) is 2. The van der Waals surface area contributed by atoms with Crippen molar-refractivity contribution in [2.75, 3.05) is 26.2 Å². The van der Waals surface area contributed by atoms with Crippen molar-refractivity contribution in [2.45, 2.75) is 56.5 Å². The van der Waals surface area contributed by atoms with Gasteiger partial charge >= 0.3 is 6.03 Å². The summed E-state index contributed by atoms with van der Waals surface area (Å²) >= 11 is 0. The third-order valence-electron chi connectivity index (χ3n) is 6.77. The van der Waals surface area contributed by atoms with Crippen molar-refractivity contribution in [3.8, 4) is 0 Å². The molecule has 3 fully saturated rings. The van der Waals surface area contributed by atoms with E-state index < -0.39 is 0 Å². The predicted octanol–water partition coefficient (Wildman–Crippen LogP) is 3.22. The third-order valence-corrected chi connectivity index (χ3v) is 6.77. The molecule has 2 saturated heterocycles. The molecule has 1 saturated carbocycles. The highest BCUT2D eigenvalue weighted by molar-refractivity contribution is 5.75. The Morgan fingerprint density at radius 1 is 1.07 bits per heavy atom. The number of hydrogen-bond acceptors (Lipinski definition) is 3. The summed E-state index contributed by atoms with van der Waals surface area (Å²) < 4.78 is 0. The fourth-order valence-electron chi connectivity index (χ4n) is 4.71. The molecule has 2 aromatic rings. The van der Waals surface area contributed by atoms with Crippen LogP contribution >= 0.6 is 0 Å². The number of rotatable bonds is 4. The summed E-state index contributed by atoms with van der Waals surface area (Å²) in [4.78, 5) is 16.7. The van der Waals surface area contributed by atoms with Gasteiger partial charge in [-0.25, -0.2) is 4.79 Å². The summed E-state index contributed by atoms with van der Waals surface area (Å²) in [6.07, 6.45) is 4.17. The van der Waals surface area contributed by atoms with E-state index in [4.69, 9.17) is 0 Å². The fraction of sp³-hybridized carbons (Fsp3) is 0.565. The Kier molecular flexibility index (Phi) is 4.82. The van der Waals surface area contributed by atoms with Gasteiger partial charge < -0.3 is 14.9 Å². The Morgan fingerprint density at radius 3 is 2.41 bits per heavy atom. The van der Waals surface area contributed by atoms with E-state index in [1.54, 1.807) is 4.90 Å². The van der Waals surface area contributed by atoms with Gasteiger partial charge in [-0.05, 0) is 42.9 Å². The molecule has 6 nitrogen and oxygen atoms in total. The minimum Gasteiger partial charge on any atom is -0.389 e. The predicted molar refractivity (Wildman–Crippen MR) is 111 cm³/mol.